The van der Waals surface area contributed by atoms with E-state index in [4.69, 9.17) is 9.47 Å². The summed E-state index contributed by atoms with van der Waals surface area (Å²) < 4.78 is 13.2. The quantitative estimate of drug-likeness (QED) is 0.790. The van der Waals surface area contributed by atoms with Crippen molar-refractivity contribution in [1.82, 2.24) is 20.3 Å². The molecular weight excluding hydrogens is 220 g/mol. The summed E-state index contributed by atoms with van der Waals surface area (Å²) in [4.78, 5) is 0. The van der Waals surface area contributed by atoms with Crippen LogP contribution in [0.5, 0.6) is 0 Å². The largest absolute Gasteiger partial charge is 0.378 e. The maximum absolute atomic E-state index is 6.08. The highest BCUT2D eigenvalue weighted by molar-refractivity contribution is 5.11. The molecule has 1 fully saturated rings. The molecule has 1 spiro atoms. The Morgan fingerprint density at radius 1 is 1.47 bits per heavy atom. The maximum atomic E-state index is 6.08. The van der Waals surface area contributed by atoms with Crippen LogP contribution in [0.4, 0.5) is 0 Å². The predicted octanol–water partition coefficient (Wildman–Crippen LogP) is 0.0769. The van der Waals surface area contributed by atoms with Crippen molar-refractivity contribution in [3.63, 3.8) is 0 Å². The summed E-state index contributed by atoms with van der Waals surface area (Å²) in [6.45, 7) is 3.98. The molecule has 94 valence electrons. The summed E-state index contributed by atoms with van der Waals surface area (Å²) >= 11 is 0. The zero-order chi connectivity index (χ0) is 11.7. The van der Waals surface area contributed by atoms with E-state index in [9.17, 15) is 0 Å². The molecule has 1 aromatic rings. The third-order valence-corrected chi connectivity index (χ3v) is 3.67. The van der Waals surface area contributed by atoms with Crippen molar-refractivity contribution in [2.24, 2.45) is 0 Å². The van der Waals surface area contributed by atoms with Gasteiger partial charge in [-0.1, -0.05) is 5.21 Å². The highest BCUT2D eigenvalue weighted by Crippen LogP contribution is 2.31. The van der Waals surface area contributed by atoms with Gasteiger partial charge >= 0.3 is 0 Å². The number of fused-ring (bicyclic) bond motifs is 1. The molecule has 0 saturated carbocycles. The van der Waals surface area contributed by atoms with Gasteiger partial charge in [-0.3, -0.25) is 0 Å². The van der Waals surface area contributed by atoms with E-state index in [1.54, 1.807) is 7.11 Å². The summed E-state index contributed by atoms with van der Waals surface area (Å²) in [6, 6.07) is 0. The molecule has 0 unspecified atom stereocenters. The molecular formula is C11H18N4O2. The van der Waals surface area contributed by atoms with Crippen LogP contribution in [-0.4, -0.2) is 40.8 Å². The lowest BCUT2D eigenvalue weighted by Crippen LogP contribution is -2.49. The number of nitrogens with zero attached hydrogens (tertiary/aromatic N) is 3. The van der Waals surface area contributed by atoms with E-state index in [2.05, 4.69) is 15.6 Å². The Morgan fingerprint density at radius 2 is 2.29 bits per heavy atom. The highest BCUT2D eigenvalue weighted by atomic mass is 16.5. The normalized spacial score (nSPS) is 22.6. The Kier molecular flexibility index (Phi) is 2.85. The third-order valence-electron chi connectivity index (χ3n) is 3.67. The summed E-state index contributed by atoms with van der Waals surface area (Å²) in [5, 5.41) is 11.7. The Labute approximate surface area is 100 Å². The van der Waals surface area contributed by atoms with E-state index in [0.29, 0.717) is 13.2 Å². The van der Waals surface area contributed by atoms with Gasteiger partial charge in [0.05, 0.1) is 31.1 Å². The van der Waals surface area contributed by atoms with E-state index in [-0.39, 0.29) is 5.60 Å². The SMILES string of the molecule is COCc1nnn2c1COC1(CCNCC1)C2. The predicted molar refractivity (Wildman–Crippen MR) is 60.4 cm³/mol. The molecule has 2 aliphatic rings. The number of rotatable bonds is 2. The van der Waals surface area contributed by atoms with Gasteiger partial charge in [-0.2, -0.15) is 0 Å². The average molecular weight is 238 g/mol. The van der Waals surface area contributed by atoms with Crippen LogP contribution < -0.4 is 5.32 Å². The number of hydrogen-bond donors (Lipinski definition) is 1. The third kappa shape index (κ3) is 1.96. The number of aromatic nitrogens is 3. The summed E-state index contributed by atoms with van der Waals surface area (Å²) in [6.07, 6.45) is 2.10. The second-order valence-electron chi connectivity index (χ2n) is 4.80. The summed E-state index contributed by atoms with van der Waals surface area (Å²) in [5.74, 6) is 0. The minimum atomic E-state index is -0.0315. The fraction of sp³-hybridized carbons (Fsp3) is 0.818. The van der Waals surface area contributed by atoms with E-state index >= 15 is 0 Å². The molecule has 3 heterocycles. The molecule has 0 amide bonds. The van der Waals surface area contributed by atoms with Gasteiger partial charge in [0.2, 0.25) is 0 Å². The van der Waals surface area contributed by atoms with Crippen LogP contribution >= 0.6 is 0 Å². The van der Waals surface area contributed by atoms with Crippen molar-refractivity contribution in [1.29, 1.82) is 0 Å². The first kappa shape index (κ1) is 11.1. The first-order valence-electron chi connectivity index (χ1n) is 6.08. The molecule has 1 saturated heterocycles. The zero-order valence-electron chi connectivity index (χ0n) is 10.1. The molecule has 0 atom stereocenters. The van der Waals surface area contributed by atoms with Crippen molar-refractivity contribution < 1.29 is 9.47 Å². The van der Waals surface area contributed by atoms with Gasteiger partial charge in [-0.05, 0) is 25.9 Å². The fourth-order valence-corrected chi connectivity index (χ4v) is 2.63. The van der Waals surface area contributed by atoms with Crippen LogP contribution in [0.25, 0.3) is 0 Å². The minimum absolute atomic E-state index is 0.0315. The standard InChI is InChI=1S/C11H18N4O2/c1-16-6-9-10-7-17-11(2-4-12-5-3-11)8-15(10)14-13-9/h12H,2-8H2,1H3. The van der Waals surface area contributed by atoms with Crippen LogP contribution in [0.3, 0.4) is 0 Å². The number of ether oxygens (including phenoxy) is 2. The number of piperidine rings is 1. The van der Waals surface area contributed by atoms with Crippen molar-refractivity contribution >= 4 is 0 Å². The lowest BCUT2D eigenvalue weighted by atomic mass is 9.91. The molecule has 0 bridgehead atoms. The van der Waals surface area contributed by atoms with Gasteiger partial charge < -0.3 is 14.8 Å². The first-order chi connectivity index (χ1) is 8.33. The molecule has 0 aromatic carbocycles. The summed E-state index contributed by atoms with van der Waals surface area (Å²) in [5.41, 5.74) is 1.93. The van der Waals surface area contributed by atoms with Crippen LogP contribution in [-0.2, 0) is 29.2 Å². The van der Waals surface area contributed by atoms with Gasteiger partial charge in [0.25, 0.3) is 0 Å². The fourth-order valence-electron chi connectivity index (χ4n) is 2.63. The Morgan fingerprint density at radius 3 is 3.06 bits per heavy atom. The average Bonchev–Trinajstić information content (AvgIpc) is 2.73. The Balaban J connectivity index is 1.81. The van der Waals surface area contributed by atoms with Crippen molar-refractivity contribution in [2.45, 2.75) is 38.2 Å². The smallest absolute Gasteiger partial charge is 0.114 e. The molecule has 17 heavy (non-hydrogen) atoms. The molecule has 6 nitrogen and oxygen atoms in total. The topological polar surface area (TPSA) is 61.2 Å². The molecule has 1 N–H and O–H groups in total. The van der Waals surface area contributed by atoms with E-state index in [1.807, 2.05) is 4.68 Å². The lowest BCUT2D eigenvalue weighted by molar-refractivity contribution is -0.109. The van der Waals surface area contributed by atoms with Crippen molar-refractivity contribution in [2.75, 3.05) is 20.2 Å². The number of methoxy groups -OCH3 is 1. The molecule has 1 aromatic heterocycles. The van der Waals surface area contributed by atoms with Gasteiger partial charge in [0.15, 0.2) is 0 Å². The van der Waals surface area contributed by atoms with Crippen LogP contribution in [0, 0.1) is 0 Å². The molecule has 2 aliphatic heterocycles. The molecule has 0 radical (unpaired) electrons. The monoisotopic (exact) mass is 238 g/mol. The van der Waals surface area contributed by atoms with E-state index in [0.717, 1.165) is 43.9 Å². The Bertz CT molecular complexity index is 398. The van der Waals surface area contributed by atoms with Crippen LogP contribution in [0.15, 0.2) is 0 Å². The van der Waals surface area contributed by atoms with Gasteiger partial charge in [-0.25, -0.2) is 4.68 Å². The Hall–Kier alpha value is -0.980. The lowest BCUT2D eigenvalue weighted by Gasteiger charge is -2.40. The number of nitrogens with one attached hydrogen (secondary N) is 1. The zero-order valence-corrected chi connectivity index (χ0v) is 10.1. The van der Waals surface area contributed by atoms with Crippen LogP contribution in [0.2, 0.25) is 0 Å². The first-order valence-corrected chi connectivity index (χ1v) is 6.08. The number of hydrogen-bond acceptors (Lipinski definition) is 5. The maximum Gasteiger partial charge on any atom is 0.114 e. The van der Waals surface area contributed by atoms with Crippen LogP contribution in [0.1, 0.15) is 24.2 Å². The van der Waals surface area contributed by atoms with Gasteiger partial charge in [0.1, 0.15) is 5.69 Å². The minimum Gasteiger partial charge on any atom is -0.378 e. The second kappa shape index (κ2) is 4.36. The van der Waals surface area contributed by atoms with E-state index in [1.165, 1.54) is 0 Å². The van der Waals surface area contributed by atoms with Crippen molar-refractivity contribution in [3.8, 4) is 0 Å². The van der Waals surface area contributed by atoms with E-state index < -0.39 is 0 Å². The molecule has 3 rings (SSSR count). The van der Waals surface area contributed by atoms with Gasteiger partial charge in [-0.15, -0.1) is 5.10 Å². The molecule has 0 aliphatic carbocycles. The van der Waals surface area contributed by atoms with Crippen molar-refractivity contribution in [3.05, 3.63) is 11.4 Å². The molecule has 6 heteroatoms. The summed E-state index contributed by atoms with van der Waals surface area (Å²) in [7, 11) is 1.67. The highest BCUT2D eigenvalue weighted by Gasteiger charge is 2.38. The second-order valence-corrected chi connectivity index (χ2v) is 4.80. The van der Waals surface area contributed by atoms with Gasteiger partial charge in [0, 0.05) is 7.11 Å².